The summed E-state index contributed by atoms with van der Waals surface area (Å²) in [6.45, 7) is 5.80. The first-order chi connectivity index (χ1) is 14.6. The molecule has 7 nitrogen and oxygen atoms in total. The lowest BCUT2D eigenvalue weighted by Gasteiger charge is -2.14. The Kier molecular flexibility index (Phi) is 7.06. The summed E-state index contributed by atoms with van der Waals surface area (Å²) >= 11 is 0. The predicted molar refractivity (Wildman–Crippen MR) is 119 cm³/mol. The zero-order valence-corrected chi connectivity index (χ0v) is 18.2. The van der Waals surface area contributed by atoms with E-state index in [1.54, 1.807) is 21.3 Å². The van der Waals surface area contributed by atoms with Crippen LogP contribution < -0.4 is 24.8 Å². The maximum atomic E-state index is 5.99. The Morgan fingerprint density at radius 2 is 1.67 bits per heavy atom. The summed E-state index contributed by atoms with van der Waals surface area (Å²) in [7, 11) is 4.84. The predicted octanol–water partition coefficient (Wildman–Crippen LogP) is 4.02. The lowest BCUT2D eigenvalue weighted by atomic mass is 10.1. The molecule has 0 fully saturated rings. The zero-order chi connectivity index (χ0) is 21.5. The summed E-state index contributed by atoms with van der Waals surface area (Å²) in [6, 6.07) is 11.7. The molecule has 7 heteroatoms. The van der Waals surface area contributed by atoms with Gasteiger partial charge in [0.2, 0.25) is 0 Å². The SMILES string of the molecule is CCNC(=NCc1cc(OC)c(OC)cc1OC)NCc1oc2ccccc2c1C. The summed E-state index contributed by atoms with van der Waals surface area (Å²) in [5, 5.41) is 7.74. The maximum Gasteiger partial charge on any atom is 0.191 e. The second-order valence-electron chi connectivity index (χ2n) is 6.71. The van der Waals surface area contributed by atoms with Crippen LogP contribution >= 0.6 is 0 Å². The fraction of sp³-hybridized carbons (Fsp3) is 0.348. The Morgan fingerprint density at radius 1 is 0.967 bits per heavy atom. The number of aliphatic imine (C=N–C) groups is 1. The van der Waals surface area contributed by atoms with Gasteiger partial charge in [-0.25, -0.2) is 4.99 Å². The average molecular weight is 412 g/mol. The Bertz CT molecular complexity index is 1030. The van der Waals surface area contributed by atoms with Crippen LogP contribution in [0.3, 0.4) is 0 Å². The molecular formula is C23H29N3O4. The lowest BCUT2D eigenvalue weighted by molar-refractivity contribution is 0.347. The number of hydrogen-bond acceptors (Lipinski definition) is 5. The molecule has 0 atom stereocenters. The summed E-state index contributed by atoms with van der Waals surface area (Å²) < 4.78 is 22.2. The van der Waals surface area contributed by atoms with E-state index < -0.39 is 0 Å². The highest BCUT2D eigenvalue weighted by molar-refractivity contribution is 5.83. The van der Waals surface area contributed by atoms with Crippen LogP contribution in [0, 0.1) is 6.92 Å². The largest absolute Gasteiger partial charge is 0.496 e. The van der Waals surface area contributed by atoms with Gasteiger partial charge in [-0.15, -0.1) is 0 Å². The maximum absolute atomic E-state index is 5.99. The van der Waals surface area contributed by atoms with Gasteiger partial charge >= 0.3 is 0 Å². The van der Waals surface area contributed by atoms with Gasteiger partial charge < -0.3 is 29.3 Å². The normalized spacial score (nSPS) is 11.4. The van der Waals surface area contributed by atoms with Crippen molar-refractivity contribution in [3.05, 3.63) is 53.3 Å². The molecule has 160 valence electrons. The van der Waals surface area contributed by atoms with Gasteiger partial charge in [0.1, 0.15) is 17.1 Å². The van der Waals surface area contributed by atoms with Gasteiger partial charge in [0.05, 0.1) is 34.4 Å². The number of aryl methyl sites for hydroxylation is 1. The van der Waals surface area contributed by atoms with Crippen LogP contribution in [0.25, 0.3) is 11.0 Å². The molecule has 0 bridgehead atoms. The number of fused-ring (bicyclic) bond motifs is 1. The average Bonchev–Trinajstić information content (AvgIpc) is 3.10. The van der Waals surface area contributed by atoms with E-state index in [-0.39, 0.29) is 0 Å². The van der Waals surface area contributed by atoms with Crippen LogP contribution in [-0.2, 0) is 13.1 Å². The second kappa shape index (κ2) is 9.91. The van der Waals surface area contributed by atoms with E-state index in [2.05, 4.69) is 23.6 Å². The minimum Gasteiger partial charge on any atom is -0.496 e. The molecule has 2 N–H and O–H groups in total. The minimum absolute atomic E-state index is 0.415. The van der Waals surface area contributed by atoms with E-state index in [0.717, 1.165) is 34.4 Å². The van der Waals surface area contributed by atoms with E-state index in [9.17, 15) is 0 Å². The number of methoxy groups -OCH3 is 3. The van der Waals surface area contributed by atoms with Crippen LogP contribution in [0.2, 0.25) is 0 Å². The van der Waals surface area contributed by atoms with Crippen LogP contribution in [-0.4, -0.2) is 33.8 Å². The number of guanidine groups is 1. The van der Waals surface area contributed by atoms with Gasteiger partial charge in [-0.05, 0) is 26.0 Å². The number of furan rings is 1. The first-order valence-electron chi connectivity index (χ1n) is 9.89. The monoisotopic (exact) mass is 411 g/mol. The highest BCUT2D eigenvalue weighted by Crippen LogP contribution is 2.35. The van der Waals surface area contributed by atoms with Crippen molar-refractivity contribution in [1.29, 1.82) is 0 Å². The molecule has 30 heavy (non-hydrogen) atoms. The number of rotatable bonds is 8. The van der Waals surface area contributed by atoms with Gasteiger partial charge in [0, 0.05) is 29.1 Å². The molecule has 0 spiro atoms. The standard InChI is InChI=1S/C23H29N3O4/c1-6-24-23(26-14-22-15(2)17-9-7-8-10-18(17)30-22)25-13-16-11-20(28-4)21(29-5)12-19(16)27-3/h7-12H,6,13-14H2,1-5H3,(H2,24,25,26). The number of nitrogens with zero attached hydrogens (tertiary/aromatic N) is 1. The van der Waals surface area contributed by atoms with Crippen LogP contribution in [0.4, 0.5) is 0 Å². The summed E-state index contributed by atoms with van der Waals surface area (Å²) in [5.41, 5.74) is 2.92. The molecule has 0 aliphatic carbocycles. The van der Waals surface area contributed by atoms with Crippen molar-refractivity contribution < 1.29 is 18.6 Å². The van der Waals surface area contributed by atoms with E-state index in [1.807, 2.05) is 37.3 Å². The van der Waals surface area contributed by atoms with Gasteiger partial charge in [0.15, 0.2) is 17.5 Å². The van der Waals surface area contributed by atoms with Crippen molar-refractivity contribution >= 4 is 16.9 Å². The zero-order valence-electron chi connectivity index (χ0n) is 18.2. The third-order valence-electron chi connectivity index (χ3n) is 4.90. The molecule has 1 aromatic heterocycles. The lowest BCUT2D eigenvalue weighted by Crippen LogP contribution is -2.36. The molecule has 0 amide bonds. The fourth-order valence-electron chi connectivity index (χ4n) is 3.28. The Hall–Kier alpha value is -3.35. The molecular weight excluding hydrogens is 382 g/mol. The van der Waals surface area contributed by atoms with Crippen molar-refractivity contribution in [2.24, 2.45) is 4.99 Å². The topological polar surface area (TPSA) is 77.3 Å². The van der Waals surface area contributed by atoms with E-state index in [1.165, 1.54) is 0 Å². The van der Waals surface area contributed by atoms with Crippen LogP contribution in [0.5, 0.6) is 17.2 Å². The molecule has 0 unspecified atom stereocenters. The molecule has 0 aliphatic rings. The molecule has 1 heterocycles. The second-order valence-corrected chi connectivity index (χ2v) is 6.71. The molecule has 0 radical (unpaired) electrons. The third kappa shape index (κ3) is 4.62. The molecule has 3 aromatic rings. The van der Waals surface area contributed by atoms with E-state index in [4.69, 9.17) is 23.6 Å². The van der Waals surface area contributed by atoms with Crippen molar-refractivity contribution in [3.63, 3.8) is 0 Å². The van der Waals surface area contributed by atoms with Gasteiger partial charge in [-0.3, -0.25) is 0 Å². The van der Waals surface area contributed by atoms with E-state index >= 15 is 0 Å². The summed E-state index contributed by atoms with van der Waals surface area (Å²) in [5.74, 6) is 3.53. The highest BCUT2D eigenvalue weighted by atomic mass is 16.5. The van der Waals surface area contributed by atoms with Gasteiger partial charge in [-0.1, -0.05) is 18.2 Å². The van der Waals surface area contributed by atoms with Crippen molar-refractivity contribution in [1.82, 2.24) is 10.6 Å². The number of ether oxygens (including phenoxy) is 3. The van der Waals surface area contributed by atoms with Crippen molar-refractivity contribution in [2.45, 2.75) is 26.9 Å². The quantitative estimate of drug-likeness (QED) is 0.431. The third-order valence-corrected chi connectivity index (χ3v) is 4.90. The summed E-state index contributed by atoms with van der Waals surface area (Å²) in [6.07, 6.45) is 0. The van der Waals surface area contributed by atoms with Crippen LogP contribution in [0.15, 0.2) is 45.8 Å². The number of nitrogens with one attached hydrogen (secondary N) is 2. The molecule has 0 saturated heterocycles. The molecule has 0 aliphatic heterocycles. The Balaban J connectivity index is 1.78. The van der Waals surface area contributed by atoms with Crippen molar-refractivity contribution in [2.75, 3.05) is 27.9 Å². The summed E-state index contributed by atoms with van der Waals surface area (Å²) in [4.78, 5) is 4.70. The minimum atomic E-state index is 0.415. The van der Waals surface area contributed by atoms with Gasteiger partial charge in [-0.2, -0.15) is 0 Å². The van der Waals surface area contributed by atoms with Crippen molar-refractivity contribution in [3.8, 4) is 17.2 Å². The Labute approximate surface area is 177 Å². The number of benzene rings is 2. The van der Waals surface area contributed by atoms with Gasteiger partial charge in [0.25, 0.3) is 0 Å². The number of hydrogen-bond donors (Lipinski definition) is 2. The first kappa shape index (κ1) is 21.4. The molecule has 2 aromatic carbocycles. The Morgan fingerprint density at radius 3 is 2.33 bits per heavy atom. The molecule has 3 rings (SSSR count). The first-order valence-corrected chi connectivity index (χ1v) is 9.89. The van der Waals surface area contributed by atoms with E-state index in [0.29, 0.717) is 36.3 Å². The smallest absolute Gasteiger partial charge is 0.191 e. The van der Waals surface area contributed by atoms with Crippen LogP contribution in [0.1, 0.15) is 23.8 Å². The molecule has 0 saturated carbocycles. The number of para-hydroxylation sites is 1. The highest BCUT2D eigenvalue weighted by Gasteiger charge is 2.13. The fourth-order valence-corrected chi connectivity index (χ4v) is 3.28.